The summed E-state index contributed by atoms with van der Waals surface area (Å²) in [6.45, 7) is 3.80. The molecule has 0 amide bonds. The fourth-order valence-corrected chi connectivity index (χ4v) is 2.30. The number of amidine groups is 1. The van der Waals surface area contributed by atoms with Crippen LogP contribution in [0.2, 0.25) is 0 Å². The topological polar surface area (TPSA) is 75.7 Å². The van der Waals surface area contributed by atoms with Crippen LogP contribution in [0, 0.1) is 0 Å². The number of aliphatic carboxylic acids is 1. The molecule has 0 fully saturated rings. The maximum Gasteiger partial charge on any atom is 0.360 e. The minimum absolute atomic E-state index is 0.0398. The number of allylic oxidation sites excluding steroid dienone is 2. The van der Waals surface area contributed by atoms with Crippen LogP contribution < -0.4 is 5.73 Å². The lowest BCUT2D eigenvalue weighted by molar-refractivity contribution is -0.805. The Kier molecular flexibility index (Phi) is 5.92. The Morgan fingerprint density at radius 1 is 1.58 bits per heavy atom. The molecule has 1 heterocycles. The van der Waals surface area contributed by atoms with Gasteiger partial charge in [0.1, 0.15) is 12.4 Å². The standard InChI is InChI=1S/C14H23N3O2/c1-3-4-5-6-7-8-13-16-9-10-17(13,12(2)15)11-14(18)19/h3-4,9-10,12H,5-8,11,15H2,1-2H3/p+1/b4-3+. The van der Waals surface area contributed by atoms with Crippen molar-refractivity contribution in [1.82, 2.24) is 0 Å². The van der Waals surface area contributed by atoms with Crippen molar-refractivity contribution in [2.75, 3.05) is 6.54 Å². The van der Waals surface area contributed by atoms with Gasteiger partial charge in [0.05, 0.1) is 6.20 Å². The van der Waals surface area contributed by atoms with Crippen molar-refractivity contribution >= 4 is 11.8 Å². The molecule has 0 aromatic carbocycles. The average molecular weight is 266 g/mol. The Bertz CT molecular complexity index is 399. The normalized spacial score (nSPS) is 23.8. The summed E-state index contributed by atoms with van der Waals surface area (Å²) in [5.74, 6) is 0.00310. The van der Waals surface area contributed by atoms with Gasteiger partial charge < -0.3 is 5.11 Å². The quantitative estimate of drug-likeness (QED) is 0.402. The monoisotopic (exact) mass is 266 g/mol. The van der Waals surface area contributed by atoms with Gasteiger partial charge in [0.2, 0.25) is 5.84 Å². The van der Waals surface area contributed by atoms with Crippen molar-refractivity contribution < 1.29 is 14.4 Å². The zero-order valence-electron chi connectivity index (χ0n) is 11.7. The molecule has 0 aliphatic carbocycles. The lowest BCUT2D eigenvalue weighted by atomic mass is 10.1. The van der Waals surface area contributed by atoms with E-state index in [1.54, 1.807) is 12.4 Å². The molecule has 3 N–H and O–H groups in total. The van der Waals surface area contributed by atoms with Crippen molar-refractivity contribution in [3.05, 3.63) is 24.6 Å². The van der Waals surface area contributed by atoms with E-state index in [0.717, 1.165) is 31.5 Å². The largest absolute Gasteiger partial charge is 0.477 e. The second kappa shape index (κ2) is 7.21. The minimum Gasteiger partial charge on any atom is -0.477 e. The van der Waals surface area contributed by atoms with Crippen LogP contribution in [0.5, 0.6) is 0 Å². The van der Waals surface area contributed by atoms with E-state index < -0.39 is 5.97 Å². The van der Waals surface area contributed by atoms with Crippen LogP contribution in [-0.2, 0) is 4.79 Å². The molecular weight excluding hydrogens is 242 g/mol. The molecule has 106 valence electrons. The third-order valence-corrected chi connectivity index (χ3v) is 3.42. The summed E-state index contributed by atoms with van der Waals surface area (Å²) in [6.07, 6.45) is 11.3. The number of nitrogens with zero attached hydrogens (tertiary/aromatic N) is 2. The molecule has 0 bridgehead atoms. The first-order chi connectivity index (χ1) is 9.03. The number of hydrogen-bond donors (Lipinski definition) is 2. The summed E-state index contributed by atoms with van der Waals surface area (Å²) in [4.78, 5) is 15.4. The molecule has 1 aliphatic heterocycles. The van der Waals surface area contributed by atoms with Crippen molar-refractivity contribution in [2.24, 2.45) is 10.7 Å². The van der Waals surface area contributed by atoms with Crippen LogP contribution in [0.1, 0.15) is 39.5 Å². The van der Waals surface area contributed by atoms with Crippen LogP contribution >= 0.6 is 0 Å². The maximum absolute atomic E-state index is 11.1. The summed E-state index contributed by atoms with van der Waals surface area (Å²) in [5.41, 5.74) is 5.99. The summed E-state index contributed by atoms with van der Waals surface area (Å²) < 4.78 is 0.152. The molecule has 0 saturated carbocycles. The Labute approximate surface area is 114 Å². The van der Waals surface area contributed by atoms with Crippen molar-refractivity contribution in [2.45, 2.75) is 45.7 Å². The van der Waals surface area contributed by atoms with Gasteiger partial charge in [-0.2, -0.15) is 0 Å². The highest BCUT2D eigenvalue weighted by Gasteiger charge is 2.40. The first-order valence-electron chi connectivity index (χ1n) is 6.74. The molecule has 19 heavy (non-hydrogen) atoms. The van der Waals surface area contributed by atoms with Crippen LogP contribution in [0.15, 0.2) is 29.5 Å². The first kappa shape index (κ1) is 15.6. The van der Waals surface area contributed by atoms with Crippen LogP contribution in [0.25, 0.3) is 0 Å². The lowest BCUT2D eigenvalue weighted by Gasteiger charge is -2.34. The molecule has 1 rings (SSSR count). The van der Waals surface area contributed by atoms with E-state index in [9.17, 15) is 4.79 Å². The van der Waals surface area contributed by atoms with Gasteiger partial charge in [-0.3, -0.25) is 5.73 Å². The first-order valence-corrected chi connectivity index (χ1v) is 6.74. The number of nitrogens with two attached hydrogens (primary N) is 1. The Morgan fingerprint density at radius 3 is 2.89 bits per heavy atom. The van der Waals surface area contributed by atoms with E-state index in [1.807, 2.05) is 19.9 Å². The number of aliphatic imine (C=N–C) groups is 1. The second-order valence-corrected chi connectivity index (χ2v) is 4.88. The fourth-order valence-electron chi connectivity index (χ4n) is 2.30. The zero-order valence-corrected chi connectivity index (χ0v) is 11.7. The lowest BCUT2D eigenvalue weighted by Crippen LogP contribution is -2.59. The molecule has 1 aliphatic rings. The zero-order chi connectivity index (χ0) is 14.3. The van der Waals surface area contributed by atoms with E-state index in [0.29, 0.717) is 0 Å². The highest BCUT2D eigenvalue weighted by Crippen LogP contribution is 2.23. The van der Waals surface area contributed by atoms with Gasteiger partial charge in [-0.1, -0.05) is 12.2 Å². The second-order valence-electron chi connectivity index (χ2n) is 4.88. The van der Waals surface area contributed by atoms with E-state index in [2.05, 4.69) is 11.1 Å². The molecule has 0 saturated heterocycles. The van der Waals surface area contributed by atoms with Gasteiger partial charge in [0.15, 0.2) is 6.54 Å². The number of carboxylic acid groups (broad SMARTS) is 1. The number of rotatable bonds is 8. The molecule has 0 spiro atoms. The minimum atomic E-state index is -0.856. The molecule has 0 aromatic heterocycles. The van der Waals surface area contributed by atoms with E-state index in [4.69, 9.17) is 10.8 Å². The third kappa shape index (κ3) is 4.01. The Hall–Kier alpha value is -1.46. The molecular formula is C14H24N3O2+. The van der Waals surface area contributed by atoms with Crippen LogP contribution in [0.4, 0.5) is 0 Å². The van der Waals surface area contributed by atoms with Gasteiger partial charge >= 0.3 is 5.97 Å². The van der Waals surface area contributed by atoms with E-state index in [-0.39, 0.29) is 17.2 Å². The van der Waals surface area contributed by atoms with E-state index in [1.165, 1.54) is 0 Å². The van der Waals surface area contributed by atoms with Gasteiger partial charge in [0, 0.05) is 13.3 Å². The Balaban J connectivity index is 2.63. The fraction of sp³-hybridized carbons (Fsp3) is 0.571. The van der Waals surface area contributed by atoms with Crippen LogP contribution in [0.3, 0.4) is 0 Å². The molecule has 5 heteroatoms. The van der Waals surface area contributed by atoms with Gasteiger partial charge in [-0.05, 0) is 26.2 Å². The summed E-state index contributed by atoms with van der Waals surface area (Å²) in [5, 5.41) is 9.08. The van der Waals surface area contributed by atoms with Crippen LogP contribution in [-0.4, -0.2) is 34.1 Å². The molecule has 0 aromatic rings. The summed E-state index contributed by atoms with van der Waals surface area (Å²) in [6, 6.07) is 0. The number of unbranched alkanes of at least 4 members (excludes halogenated alkanes) is 2. The number of quaternary nitrogens is 1. The molecule has 2 atom stereocenters. The van der Waals surface area contributed by atoms with Gasteiger partial charge in [-0.25, -0.2) is 14.3 Å². The highest BCUT2D eigenvalue weighted by atomic mass is 16.4. The maximum atomic E-state index is 11.1. The Morgan fingerprint density at radius 2 is 2.32 bits per heavy atom. The molecule has 2 unspecified atom stereocenters. The van der Waals surface area contributed by atoms with Crippen molar-refractivity contribution in [1.29, 1.82) is 0 Å². The molecule has 5 nitrogen and oxygen atoms in total. The summed E-state index contributed by atoms with van der Waals surface area (Å²) >= 11 is 0. The SMILES string of the molecule is C/C=C/CCCCC1=NC=C[N+]1(CC(=O)O)C(C)N. The predicted octanol–water partition coefficient (Wildman–Crippen LogP) is 2.21. The van der Waals surface area contributed by atoms with Gasteiger partial charge in [0.25, 0.3) is 0 Å². The number of hydrogen-bond acceptors (Lipinski definition) is 3. The van der Waals surface area contributed by atoms with E-state index >= 15 is 0 Å². The molecule has 0 radical (unpaired) electrons. The predicted molar refractivity (Wildman–Crippen MR) is 76.3 cm³/mol. The number of carbonyl (C=O) groups is 1. The highest BCUT2D eigenvalue weighted by molar-refractivity contribution is 5.81. The van der Waals surface area contributed by atoms with Crippen molar-refractivity contribution in [3.63, 3.8) is 0 Å². The smallest absolute Gasteiger partial charge is 0.360 e. The van der Waals surface area contributed by atoms with Crippen molar-refractivity contribution in [3.8, 4) is 0 Å². The third-order valence-electron chi connectivity index (χ3n) is 3.42. The number of carboxylic acids is 1. The average Bonchev–Trinajstić information content (AvgIpc) is 2.72. The summed E-state index contributed by atoms with van der Waals surface area (Å²) in [7, 11) is 0. The van der Waals surface area contributed by atoms with Gasteiger partial charge in [-0.15, -0.1) is 0 Å².